The Labute approximate surface area is 275 Å². The lowest BCUT2D eigenvalue weighted by atomic mass is 10.0. The zero-order valence-electron chi connectivity index (χ0n) is 25.3. The van der Waals surface area contributed by atoms with Gasteiger partial charge in [0.1, 0.15) is 12.6 Å². The van der Waals surface area contributed by atoms with E-state index in [1.165, 1.54) is 35.2 Å². The third kappa shape index (κ3) is 9.10. The fourth-order valence-electron chi connectivity index (χ4n) is 4.96. The summed E-state index contributed by atoms with van der Waals surface area (Å²) < 4.78 is 29.1. The Balaban J connectivity index is 1.80. The zero-order chi connectivity index (χ0) is 32.4. The van der Waals surface area contributed by atoms with Gasteiger partial charge in [-0.2, -0.15) is 0 Å². The number of nitrogens with one attached hydrogen (secondary N) is 1. The average molecular weight is 667 g/mol. The summed E-state index contributed by atoms with van der Waals surface area (Å²) in [4.78, 5) is 29.8. The van der Waals surface area contributed by atoms with E-state index < -0.39 is 28.5 Å². The van der Waals surface area contributed by atoms with Crippen LogP contribution in [0.2, 0.25) is 10.0 Å². The number of anilines is 1. The first-order valence-electron chi connectivity index (χ1n) is 14.8. The lowest BCUT2D eigenvalue weighted by Gasteiger charge is -2.34. The van der Waals surface area contributed by atoms with Crippen molar-refractivity contribution in [3.8, 4) is 0 Å². The summed E-state index contributed by atoms with van der Waals surface area (Å²) >= 11 is 12.5. The van der Waals surface area contributed by atoms with Gasteiger partial charge in [-0.1, -0.05) is 115 Å². The number of aryl methyl sites for hydroxylation is 1. The molecule has 1 atom stereocenters. The van der Waals surface area contributed by atoms with Gasteiger partial charge in [-0.15, -0.1) is 0 Å². The van der Waals surface area contributed by atoms with Gasteiger partial charge in [-0.25, -0.2) is 8.42 Å². The first-order valence-corrected chi connectivity index (χ1v) is 17.0. The Morgan fingerprint density at radius 1 is 0.822 bits per heavy atom. The van der Waals surface area contributed by atoms with Crippen LogP contribution < -0.4 is 9.62 Å². The molecule has 0 radical (unpaired) electrons. The highest BCUT2D eigenvalue weighted by atomic mass is 35.5. The van der Waals surface area contributed by atoms with E-state index in [0.717, 1.165) is 33.8 Å². The van der Waals surface area contributed by atoms with E-state index in [1.54, 1.807) is 18.2 Å². The van der Waals surface area contributed by atoms with Gasteiger partial charge in [0.2, 0.25) is 11.8 Å². The Morgan fingerprint density at radius 2 is 1.49 bits per heavy atom. The van der Waals surface area contributed by atoms with E-state index in [0.29, 0.717) is 6.54 Å². The number of rotatable bonds is 14. The molecule has 0 aliphatic heterocycles. The van der Waals surface area contributed by atoms with Crippen molar-refractivity contribution >= 4 is 50.7 Å². The monoisotopic (exact) mass is 665 g/mol. The summed E-state index contributed by atoms with van der Waals surface area (Å²) in [7, 11) is -4.23. The SMILES string of the molecule is CCCCNC(=O)[C@H](Cc1ccccc1)N(Cc1cccc(C)c1)C(=O)CN(c1ccc(Cl)c(Cl)c1)S(=O)(=O)c1ccccc1. The first kappa shape index (κ1) is 34.0. The molecule has 0 aliphatic carbocycles. The molecule has 0 bridgehead atoms. The van der Waals surface area contributed by atoms with E-state index in [1.807, 2.05) is 68.4 Å². The van der Waals surface area contributed by atoms with Crippen molar-refractivity contribution < 1.29 is 18.0 Å². The lowest BCUT2D eigenvalue weighted by molar-refractivity contribution is -0.140. The van der Waals surface area contributed by atoms with Crippen molar-refractivity contribution in [1.29, 1.82) is 0 Å². The summed E-state index contributed by atoms with van der Waals surface area (Å²) in [5.41, 5.74) is 2.85. The fourth-order valence-corrected chi connectivity index (χ4v) is 6.68. The second-order valence-electron chi connectivity index (χ2n) is 10.8. The highest BCUT2D eigenvalue weighted by molar-refractivity contribution is 7.92. The molecule has 4 rings (SSSR count). The molecule has 4 aromatic carbocycles. The maximum Gasteiger partial charge on any atom is 0.264 e. The lowest BCUT2D eigenvalue weighted by Crippen LogP contribution is -2.53. The smallest absolute Gasteiger partial charge is 0.264 e. The molecule has 0 aromatic heterocycles. The number of amides is 2. The third-order valence-corrected chi connectivity index (χ3v) is 9.86. The standard InChI is InChI=1S/C35H37Cl2N3O4S/c1-3-4-20-38-35(42)33(22-27-13-7-5-8-14-27)39(24-28-15-11-12-26(2)21-28)34(41)25-40(29-18-19-31(36)32(37)23-29)45(43,44)30-16-9-6-10-17-30/h5-19,21,23,33H,3-4,20,22,24-25H2,1-2H3,(H,38,42)/t33-/m0/s1. The van der Waals surface area contributed by atoms with Crippen molar-refractivity contribution in [2.45, 2.75) is 50.6 Å². The van der Waals surface area contributed by atoms with Crippen LogP contribution in [0.25, 0.3) is 0 Å². The summed E-state index contributed by atoms with van der Waals surface area (Å²) in [5.74, 6) is -0.853. The van der Waals surface area contributed by atoms with E-state index in [4.69, 9.17) is 23.2 Å². The highest BCUT2D eigenvalue weighted by Crippen LogP contribution is 2.31. The number of hydrogen-bond acceptors (Lipinski definition) is 4. The number of sulfonamides is 1. The third-order valence-electron chi connectivity index (χ3n) is 7.34. The van der Waals surface area contributed by atoms with Crippen LogP contribution in [0.4, 0.5) is 5.69 Å². The van der Waals surface area contributed by atoms with Crippen LogP contribution in [0, 0.1) is 6.92 Å². The molecule has 0 fully saturated rings. The summed E-state index contributed by atoms with van der Waals surface area (Å²) in [6, 6.07) is 28.5. The second-order valence-corrected chi connectivity index (χ2v) is 13.5. The van der Waals surface area contributed by atoms with E-state index >= 15 is 0 Å². The van der Waals surface area contributed by atoms with Crippen molar-refractivity contribution in [2.24, 2.45) is 0 Å². The first-order chi connectivity index (χ1) is 21.6. The molecule has 0 saturated carbocycles. The van der Waals surface area contributed by atoms with Gasteiger partial charge in [-0.05, 0) is 54.8 Å². The van der Waals surface area contributed by atoms with Crippen LogP contribution in [-0.4, -0.2) is 44.3 Å². The van der Waals surface area contributed by atoms with Crippen molar-refractivity contribution in [1.82, 2.24) is 10.2 Å². The molecule has 0 saturated heterocycles. The van der Waals surface area contributed by atoms with Gasteiger partial charge in [0, 0.05) is 19.5 Å². The topological polar surface area (TPSA) is 86.8 Å². The largest absolute Gasteiger partial charge is 0.354 e. The normalized spacial score (nSPS) is 11.9. The molecular formula is C35H37Cl2N3O4S. The Morgan fingerprint density at radius 3 is 2.13 bits per heavy atom. The summed E-state index contributed by atoms with van der Waals surface area (Å²) in [5, 5.41) is 3.38. The zero-order valence-corrected chi connectivity index (χ0v) is 27.7. The van der Waals surface area contributed by atoms with Gasteiger partial charge in [0.15, 0.2) is 0 Å². The van der Waals surface area contributed by atoms with Crippen molar-refractivity contribution in [3.05, 3.63) is 130 Å². The number of carbonyl (C=O) groups is 2. The number of carbonyl (C=O) groups excluding carboxylic acids is 2. The van der Waals surface area contributed by atoms with E-state index in [-0.39, 0.29) is 39.5 Å². The number of halogens is 2. The molecule has 45 heavy (non-hydrogen) atoms. The maximum atomic E-state index is 14.5. The summed E-state index contributed by atoms with van der Waals surface area (Å²) in [6.45, 7) is 3.97. The molecular weight excluding hydrogens is 629 g/mol. The van der Waals surface area contributed by atoms with Crippen molar-refractivity contribution in [2.75, 3.05) is 17.4 Å². The van der Waals surface area contributed by atoms with Gasteiger partial charge in [0.25, 0.3) is 10.0 Å². The Hall–Kier alpha value is -3.85. The van der Waals surface area contributed by atoms with Crippen LogP contribution in [0.1, 0.15) is 36.5 Å². The average Bonchev–Trinajstić information content (AvgIpc) is 3.03. The van der Waals surface area contributed by atoms with E-state index in [9.17, 15) is 18.0 Å². The maximum absolute atomic E-state index is 14.5. The second kappa shape index (κ2) is 15.9. The number of benzene rings is 4. The van der Waals surface area contributed by atoms with Crippen LogP contribution in [0.15, 0.2) is 108 Å². The minimum Gasteiger partial charge on any atom is -0.354 e. The minimum atomic E-state index is -4.23. The van der Waals surface area contributed by atoms with Gasteiger partial charge in [0.05, 0.1) is 20.6 Å². The molecule has 0 aliphatic rings. The van der Waals surface area contributed by atoms with E-state index in [2.05, 4.69) is 5.32 Å². The summed E-state index contributed by atoms with van der Waals surface area (Å²) in [6.07, 6.45) is 1.93. The molecule has 4 aromatic rings. The molecule has 0 unspecified atom stereocenters. The number of hydrogen-bond donors (Lipinski definition) is 1. The fraction of sp³-hybridized carbons (Fsp3) is 0.257. The number of unbranched alkanes of at least 4 members (excludes halogenated alkanes) is 1. The molecule has 7 nitrogen and oxygen atoms in total. The van der Waals surface area contributed by atoms with Gasteiger partial charge in [-0.3, -0.25) is 13.9 Å². The predicted octanol–water partition coefficient (Wildman–Crippen LogP) is 7.05. The molecule has 236 valence electrons. The molecule has 1 N–H and O–H groups in total. The minimum absolute atomic E-state index is 0.00671. The number of nitrogens with zero attached hydrogens (tertiary/aromatic N) is 2. The van der Waals surface area contributed by atoms with Crippen LogP contribution in [0.3, 0.4) is 0 Å². The molecule has 10 heteroatoms. The van der Waals surface area contributed by atoms with Crippen LogP contribution in [0.5, 0.6) is 0 Å². The van der Waals surface area contributed by atoms with Crippen LogP contribution in [-0.2, 0) is 32.6 Å². The quantitative estimate of drug-likeness (QED) is 0.146. The Bertz CT molecular complexity index is 1700. The molecule has 0 spiro atoms. The van der Waals surface area contributed by atoms with Crippen molar-refractivity contribution in [3.63, 3.8) is 0 Å². The highest BCUT2D eigenvalue weighted by Gasteiger charge is 2.34. The predicted molar refractivity (Wildman–Crippen MR) is 181 cm³/mol. The van der Waals surface area contributed by atoms with Gasteiger partial charge < -0.3 is 10.2 Å². The van der Waals surface area contributed by atoms with Gasteiger partial charge >= 0.3 is 0 Å². The Kier molecular flexibility index (Phi) is 12.0. The molecule has 0 heterocycles. The molecule has 2 amide bonds. The van der Waals surface area contributed by atoms with Crippen LogP contribution >= 0.6 is 23.2 Å².